The topological polar surface area (TPSA) is 41.5 Å². The van der Waals surface area contributed by atoms with Crippen LogP contribution in [0.1, 0.15) is 11.1 Å². The average Bonchev–Trinajstić information content (AvgIpc) is 2.42. The van der Waals surface area contributed by atoms with Crippen LogP contribution in [0.25, 0.3) is 0 Å². The number of hydrogen-bond acceptors (Lipinski definition) is 2. The molecule has 0 bridgehead atoms. The Labute approximate surface area is 110 Å². The molecule has 2 rings (SSSR count). The highest BCUT2D eigenvalue weighted by molar-refractivity contribution is 5.83. The van der Waals surface area contributed by atoms with E-state index >= 15 is 0 Å². The predicted molar refractivity (Wildman–Crippen MR) is 72.3 cm³/mol. The molecule has 0 radical (unpaired) electrons. The number of benzene rings is 2. The monoisotopic (exact) mass is 256 g/mol. The predicted octanol–water partition coefficient (Wildman–Crippen LogP) is 2.52. The molecule has 0 aliphatic heterocycles. The fourth-order valence-electron chi connectivity index (χ4n) is 1.55. The van der Waals surface area contributed by atoms with Crippen molar-refractivity contribution in [3.8, 4) is 0 Å². The molecule has 4 heteroatoms. The summed E-state index contributed by atoms with van der Waals surface area (Å²) in [6, 6.07) is 15.3. The SMILES string of the molecule is O=C(Cc1ccccc1)NN=Cc1ccc(F)cc1. The Balaban J connectivity index is 1.85. The number of amides is 1. The van der Waals surface area contributed by atoms with Gasteiger partial charge in [0, 0.05) is 0 Å². The summed E-state index contributed by atoms with van der Waals surface area (Å²) in [6.45, 7) is 0. The first kappa shape index (κ1) is 13.0. The Hall–Kier alpha value is -2.49. The first-order valence-corrected chi connectivity index (χ1v) is 5.85. The second kappa shape index (κ2) is 6.44. The van der Waals surface area contributed by atoms with Crippen LogP contribution in [-0.2, 0) is 11.2 Å². The Bertz CT molecular complexity index is 564. The summed E-state index contributed by atoms with van der Waals surface area (Å²) in [5.74, 6) is -0.491. The van der Waals surface area contributed by atoms with Gasteiger partial charge in [0.15, 0.2) is 0 Å². The summed E-state index contributed by atoms with van der Waals surface area (Å²) in [6.07, 6.45) is 1.75. The van der Waals surface area contributed by atoms with Gasteiger partial charge in [0.25, 0.3) is 0 Å². The van der Waals surface area contributed by atoms with Crippen LogP contribution in [0.2, 0.25) is 0 Å². The second-order valence-electron chi connectivity index (χ2n) is 4.01. The van der Waals surface area contributed by atoms with E-state index in [-0.39, 0.29) is 18.1 Å². The lowest BCUT2D eigenvalue weighted by molar-refractivity contribution is -0.120. The van der Waals surface area contributed by atoms with Gasteiger partial charge in [-0.1, -0.05) is 42.5 Å². The Kier molecular flexibility index (Phi) is 4.39. The van der Waals surface area contributed by atoms with Crippen molar-refractivity contribution in [2.24, 2.45) is 5.10 Å². The second-order valence-corrected chi connectivity index (χ2v) is 4.01. The van der Waals surface area contributed by atoms with E-state index in [0.29, 0.717) is 0 Å². The van der Waals surface area contributed by atoms with E-state index in [4.69, 9.17) is 0 Å². The van der Waals surface area contributed by atoms with Crippen molar-refractivity contribution in [2.75, 3.05) is 0 Å². The van der Waals surface area contributed by atoms with Crippen LogP contribution in [0.15, 0.2) is 59.7 Å². The summed E-state index contributed by atoms with van der Waals surface area (Å²) in [4.78, 5) is 11.6. The van der Waals surface area contributed by atoms with E-state index in [2.05, 4.69) is 10.5 Å². The Morgan fingerprint density at radius 2 is 1.79 bits per heavy atom. The summed E-state index contributed by atoms with van der Waals surface area (Å²) in [5, 5.41) is 3.82. The number of hydrogen-bond donors (Lipinski definition) is 1. The van der Waals surface area contributed by atoms with Gasteiger partial charge in [0.05, 0.1) is 12.6 Å². The van der Waals surface area contributed by atoms with Crippen molar-refractivity contribution in [2.45, 2.75) is 6.42 Å². The molecule has 0 saturated heterocycles. The molecule has 0 atom stereocenters. The van der Waals surface area contributed by atoms with Crippen LogP contribution >= 0.6 is 0 Å². The standard InChI is InChI=1S/C15H13FN2O/c16-14-8-6-13(7-9-14)11-17-18-15(19)10-12-4-2-1-3-5-12/h1-9,11H,10H2,(H,18,19). The maximum Gasteiger partial charge on any atom is 0.244 e. The molecule has 0 unspecified atom stereocenters. The third-order valence-electron chi connectivity index (χ3n) is 2.48. The molecule has 0 aliphatic rings. The maximum absolute atomic E-state index is 12.7. The molecule has 3 nitrogen and oxygen atoms in total. The molecule has 1 N–H and O–H groups in total. The van der Waals surface area contributed by atoms with Crippen LogP contribution < -0.4 is 5.43 Å². The minimum absolute atomic E-state index is 0.190. The highest BCUT2D eigenvalue weighted by atomic mass is 19.1. The number of nitrogens with zero attached hydrogens (tertiary/aromatic N) is 1. The quantitative estimate of drug-likeness (QED) is 0.662. The van der Waals surface area contributed by atoms with Gasteiger partial charge >= 0.3 is 0 Å². The molecule has 2 aromatic carbocycles. The molecular formula is C15H13FN2O. The summed E-state index contributed by atoms with van der Waals surface area (Å²) < 4.78 is 12.7. The van der Waals surface area contributed by atoms with Crippen molar-refractivity contribution in [1.82, 2.24) is 5.43 Å². The van der Waals surface area contributed by atoms with Crippen LogP contribution in [0, 0.1) is 5.82 Å². The first-order valence-electron chi connectivity index (χ1n) is 5.85. The molecule has 0 spiro atoms. The van der Waals surface area contributed by atoms with Crippen molar-refractivity contribution in [3.05, 3.63) is 71.5 Å². The van der Waals surface area contributed by atoms with Gasteiger partial charge in [-0.05, 0) is 23.3 Å². The molecule has 0 aliphatic carbocycles. The summed E-state index contributed by atoms with van der Waals surface area (Å²) in [5.41, 5.74) is 4.08. The summed E-state index contributed by atoms with van der Waals surface area (Å²) >= 11 is 0. The van der Waals surface area contributed by atoms with E-state index in [1.165, 1.54) is 18.3 Å². The highest BCUT2D eigenvalue weighted by Crippen LogP contribution is 2.00. The van der Waals surface area contributed by atoms with Gasteiger partial charge in [0.1, 0.15) is 5.82 Å². The van der Waals surface area contributed by atoms with Crippen LogP contribution in [-0.4, -0.2) is 12.1 Å². The number of nitrogens with one attached hydrogen (secondary N) is 1. The van der Waals surface area contributed by atoms with E-state index < -0.39 is 0 Å². The number of hydrazone groups is 1. The molecule has 19 heavy (non-hydrogen) atoms. The van der Waals surface area contributed by atoms with Gasteiger partial charge in [-0.15, -0.1) is 0 Å². The van der Waals surface area contributed by atoms with E-state index in [9.17, 15) is 9.18 Å². The lowest BCUT2D eigenvalue weighted by Gasteiger charge is -1.99. The lowest BCUT2D eigenvalue weighted by Crippen LogP contribution is -2.19. The molecule has 0 heterocycles. The molecule has 0 aromatic heterocycles. The van der Waals surface area contributed by atoms with Crippen LogP contribution in [0.4, 0.5) is 4.39 Å². The third kappa shape index (κ3) is 4.35. The first-order chi connectivity index (χ1) is 9.24. The lowest BCUT2D eigenvalue weighted by atomic mass is 10.1. The van der Waals surface area contributed by atoms with E-state index in [0.717, 1.165) is 11.1 Å². The van der Waals surface area contributed by atoms with Gasteiger partial charge in [-0.2, -0.15) is 5.10 Å². The Morgan fingerprint density at radius 3 is 2.47 bits per heavy atom. The summed E-state index contributed by atoms with van der Waals surface area (Å²) in [7, 11) is 0. The van der Waals surface area contributed by atoms with Crippen molar-refractivity contribution in [1.29, 1.82) is 0 Å². The molecule has 0 fully saturated rings. The van der Waals surface area contributed by atoms with E-state index in [1.54, 1.807) is 12.1 Å². The fraction of sp³-hybridized carbons (Fsp3) is 0.0667. The third-order valence-corrected chi connectivity index (χ3v) is 2.48. The zero-order valence-corrected chi connectivity index (χ0v) is 10.2. The molecule has 1 amide bonds. The van der Waals surface area contributed by atoms with Crippen LogP contribution in [0.3, 0.4) is 0 Å². The zero-order chi connectivity index (χ0) is 13.5. The van der Waals surface area contributed by atoms with Crippen LogP contribution in [0.5, 0.6) is 0 Å². The molecule has 2 aromatic rings. The minimum Gasteiger partial charge on any atom is -0.273 e. The highest BCUT2D eigenvalue weighted by Gasteiger charge is 2.00. The molecule has 96 valence electrons. The number of carbonyl (C=O) groups excluding carboxylic acids is 1. The van der Waals surface area contributed by atoms with Gasteiger partial charge < -0.3 is 0 Å². The zero-order valence-electron chi connectivity index (χ0n) is 10.2. The van der Waals surface area contributed by atoms with Crippen molar-refractivity contribution < 1.29 is 9.18 Å². The average molecular weight is 256 g/mol. The smallest absolute Gasteiger partial charge is 0.244 e. The molecule has 0 saturated carbocycles. The number of carbonyl (C=O) groups is 1. The maximum atomic E-state index is 12.7. The van der Waals surface area contributed by atoms with Gasteiger partial charge in [-0.3, -0.25) is 4.79 Å². The van der Waals surface area contributed by atoms with Crippen molar-refractivity contribution >= 4 is 12.1 Å². The fourth-order valence-corrected chi connectivity index (χ4v) is 1.55. The molecular weight excluding hydrogens is 243 g/mol. The van der Waals surface area contributed by atoms with Gasteiger partial charge in [-0.25, -0.2) is 9.82 Å². The Morgan fingerprint density at radius 1 is 1.11 bits per heavy atom. The van der Waals surface area contributed by atoms with Gasteiger partial charge in [0.2, 0.25) is 5.91 Å². The largest absolute Gasteiger partial charge is 0.273 e. The number of rotatable bonds is 4. The van der Waals surface area contributed by atoms with E-state index in [1.807, 2.05) is 30.3 Å². The normalized spacial score (nSPS) is 10.6. The van der Waals surface area contributed by atoms with Crippen molar-refractivity contribution in [3.63, 3.8) is 0 Å². The minimum atomic E-state index is -0.301. The number of halogens is 1.